The number of hydrogen-bond acceptors (Lipinski definition) is 4. The van der Waals surface area contributed by atoms with Gasteiger partial charge in [-0.15, -0.1) is 0 Å². The minimum atomic E-state index is -0.167. The van der Waals surface area contributed by atoms with Crippen molar-refractivity contribution in [2.45, 2.75) is 13.5 Å². The fourth-order valence-electron chi connectivity index (χ4n) is 2.54. The van der Waals surface area contributed by atoms with Crippen molar-refractivity contribution in [2.24, 2.45) is 0 Å². The van der Waals surface area contributed by atoms with Gasteiger partial charge in [0.05, 0.1) is 24.7 Å². The van der Waals surface area contributed by atoms with E-state index in [4.69, 9.17) is 4.74 Å². The van der Waals surface area contributed by atoms with Crippen LogP contribution in [0.2, 0.25) is 0 Å². The minimum absolute atomic E-state index is 0.0581. The largest absolute Gasteiger partial charge is 0.497 e. The van der Waals surface area contributed by atoms with Crippen LogP contribution in [-0.4, -0.2) is 28.2 Å². The van der Waals surface area contributed by atoms with Gasteiger partial charge in [0.2, 0.25) is 0 Å². The van der Waals surface area contributed by atoms with E-state index in [1.54, 1.807) is 35.9 Å². The average Bonchev–Trinajstić information content (AvgIpc) is 2.94. The lowest BCUT2D eigenvalue weighted by Crippen LogP contribution is -2.15. The molecule has 0 N–H and O–H groups in total. The molecule has 5 heteroatoms. The van der Waals surface area contributed by atoms with Gasteiger partial charge in [-0.05, 0) is 24.3 Å². The number of Topliss-reactive ketones (excluding diaryl/α,β-unsaturated/α-hetero) is 2. The first-order valence-electron chi connectivity index (χ1n) is 7.23. The summed E-state index contributed by atoms with van der Waals surface area (Å²) in [5, 5.41) is 0. The van der Waals surface area contributed by atoms with Gasteiger partial charge in [-0.3, -0.25) is 9.59 Å². The van der Waals surface area contributed by atoms with Gasteiger partial charge in [0.15, 0.2) is 17.4 Å². The summed E-state index contributed by atoms with van der Waals surface area (Å²) < 4.78 is 6.81. The van der Waals surface area contributed by atoms with Crippen LogP contribution in [0.5, 0.6) is 5.75 Å². The summed E-state index contributed by atoms with van der Waals surface area (Å²) in [6, 6.07) is 14.4. The second-order valence-corrected chi connectivity index (χ2v) is 5.22. The number of carbonyl (C=O) groups is 2. The van der Waals surface area contributed by atoms with Crippen LogP contribution >= 0.6 is 0 Å². The topological polar surface area (TPSA) is 61.2 Å². The Kier molecular flexibility index (Phi) is 3.93. The highest BCUT2D eigenvalue weighted by atomic mass is 16.5. The second-order valence-electron chi connectivity index (χ2n) is 5.22. The van der Waals surface area contributed by atoms with Crippen LogP contribution < -0.4 is 4.74 Å². The van der Waals surface area contributed by atoms with Crippen molar-refractivity contribution in [2.75, 3.05) is 7.11 Å². The molecule has 0 aliphatic carbocycles. The van der Waals surface area contributed by atoms with Gasteiger partial charge in [0, 0.05) is 12.5 Å². The van der Waals surface area contributed by atoms with E-state index < -0.39 is 0 Å². The lowest BCUT2D eigenvalue weighted by atomic mass is 10.1. The molecule has 0 saturated heterocycles. The summed E-state index contributed by atoms with van der Waals surface area (Å²) in [6.45, 7) is 1.51. The molecular formula is C18H16N2O3. The molecule has 0 radical (unpaired) electrons. The van der Waals surface area contributed by atoms with E-state index in [2.05, 4.69) is 4.98 Å². The molecule has 0 aliphatic heterocycles. The zero-order valence-electron chi connectivity index (χ0n) is 12.9. The van der Waals surface area contributed by atoms with Gasteiger partial charge in [0.1, 0.15) is 5.75 Å². The molecule has 1 aromatic heterocycles. The third-order valence-electron chi connectivity index (χ3n) is 3.66. The lowest BCUT2D eigenvalue weighted by Gasteiger charge is -2.08. The van der Waals surface area contributed by atoms with Gasteiger partial charge < -0.3 is 9.30 Å². The quantitative estimate of drug-likeness (QED) is 0.679. The van der Waals surface area contributed by atoms with Crippen molar-refractivity contribution in [3.63, 3.8) is 0 Å². The molecule has 116 valence electrons. The van der Waals surface area contributed by atoms with Gasteiger partial charge in [0.25, 0.3) is 0 Å². The SMILES string of the molecule is COc1cccc(C(=O)Cn2c(C(C)=O)nc3ccccc32)c1. The van der Waals surface area contributed by atoms with Crippen molar-refractivity contribution in [3.05, 3.63) is 59.9 Å². The smallest absolute Gasteiger partial charge is 0.195 e. The van der Waals surface area contributed by atoms with E-state index in [9.17, 15) is 9.59 Å². The molecule has 0 fully saturated rings. The van der Waals surface area contributed by atoms with Gasteiger partial charge in [-0.25, -0.2) is 4.98 Å². The third kappa shape index (κ3) is 2.85. The van der Waals surface area contributed by atoms with Crippen molar-refractivity contribution >= 4 is 22.6 Å². The molecule has 0 bridgehead atoms. The van der Waals surface area contributed by atoms with Crippen LogP contribution in [0.15, 0.2) is 48.5 Å². The Morgan fingerprint density at radius 3 is 2.65 bits per heavy atom. The van der Waals surface area contributed by atoms with Crippen LogP contribution in [0.1, 0.15) is 27.9 Å². The molecule has 5 nitrogen and oxygen atoms in total. The van der Waals surface area contributed by atoms with E-state index in [0.29, 0.717) is 22.7 Å². The lowest BCUT2D eigenvalue weighted by molar-refractivity contribution is 0.0965. The van der Waals surface area contributed by atoms with Crippen LogP contribution in [0.3, 0.4) is 0 Å². The summed E-state index contributed by atoms with van der Waals surface area (Å²) in [6.07, 6.45) is 0. The Balaban J connectivity index is 2.01. The highest BCUT2D eigenvalue weighted by Crippen LogP contribution is 2.19. The third-order valence-corrected chi connectivity index (χ3v) is 3.66. The van der Waals surface area contributed by atoms with Crippen LogP contribution in [0.25, 0.3) is 11.0 Å². The maximum absolute atomic E-state index is 12.6. The summed E-state index contributed by atoms with van der Waals surface area (Å²) in [4.78, 5) is 28.8. The first-order valence-corrected chi connectivity index (χ1v) is 7.23. The van der Waals surface area contributed by atoms with E-state index in [1.807, 2.05) is 24.3 Å². The van der Waals surface area contributed by atoms with E-state index in [1.165, 1.54) is 6.92 Å². The summed E-state index contributed by atoms with van der Waals surface area (Å²) in [5.74, 6) is 0.648. The van der Waals surface area contributed by atoms with Crippen molar-refractivity contribution in [1.29, 1.82) is 0 Å². The molecule has 0 saturated carbocycles. The Hall–Kier alpha value is -2.95. The molecule has 1 heterocycles. The fraction of sp³-hybridized carbons (Fsp3) is 0.167. The number of aromatic nitrogens is 2. The fourth-order valence-corrected chi connectivity index (χ4v) is 2.54. The number of nitrogens with zero attached hydrogens (tertiary/aromatic N) is 2. The van der Waals surface area contributed by atoms with Crippen LogP contribution in [0.4, 0.5) is 0 Å². The second kappa shape index (κ2) is 6.04. The number of methoxy groups -OCH3 is 1. The van der Waals surface area contributed by atoms with E-state index in [-0.39, 0.29) is 18.1 Å². The molecule has 0 unspecified atom stereocenters. The maximum Gasteiger partial charge on any atom is 0.195 e. The highest BCUT2D eigenvalue weighted by molar-refractivity contribution is 5.99. The first-order chi connectivity index (χ1) is 11.1. The number of benzene rings is 2. The van der Waals surface area contributed by atoms with Crippen molar-refractivity contribution in [1.82, 2.24) is 9.55 Å². The number of rotatable bonds is 5. The monoisotopic (exact) mass is 308 g/mol. The first kappa shape index (κ1) is 15.0. The summed E-state index contributed by atoms with van der Waals surface area (Å²) >= 11 is 0. The minimum Gasteiger partial charge on any atom is -0.497 e. The molecule has 0 amide bonds. The predicted molar refractivity (Wildman–Crippen MR) is 87.1 cm³/mol. The molecule has 3 aromatic rings. The maximum atomic E-state index is 12.6. The number of ether oxygens (including phenoxy) is 1. The normalized spacial score (nSPS) is 10.7. The average molecular weight is 308 g/mol. The van der Waals surface area contributed by atoms with Crippen LogP contribution in [-0.2, 0) is 6.54 Å². The van der Waals surface area contributed by atoms with Crippen LogP contribution in [0, 0.1) is 0 Å². The molecule has 0 atom stereocenters. The number of para-hydroxylation sites is 2. The zero-order chi connectivity index (χ0) is 16.4. The van der Waals surface area contributed by atoms with E-state index in [0.717, 1.165) is 5.52 Å². The van der Waals surface area contributed by atoms with Crippen molar-refractivity contribution < 1.29 is 14.3 Å². The molecule has 2 aromatic carbocycles. The van der Waals surface area contributed by atoms with Gasteiger partial charge in [-0.1, -0.05) is 24.3 Å². The molecule has 3 rings (SSSR count). The molecular weight excluding hydrogens is 292 g/mol. The van der Waals surface area contributed by atoms with E-state index >= 15 is 0 Å². The number of carbonyl (C=O) groups excluding carboxylic acids is 2. The Morgan fingerprint density at radius 2 is 1.91 bits per heavy atom. The standard InChI is InChI=1S/C18H16N2O3/c1-12(21)18-19-15-8-3-4-9-16(15)20(18)11-17(22)13-6-5-7-14(10-13)23-2/h3-10H,11H2,1-2H3. The van der Waals surface area contributed by atoms with Gasteiger partial charge in [-0.2, -0.15) is 0 Å². The molecule has 0 aliphatic rings. The number of fused-ring (bicyclic) bond motifs is 1. The summed E-state index contributed by atoms with van der Waals surface area (Å²) in [5.41, 5.74) is 2.02. The highest BCUT2D eigenvalue weighted by Gasteiger charge is 2.17. The Morgan fingerprint density at radius 1 is 1.13 bits per heavy atom. The zero-order valence-corrected chi connectivity index (χ0v) is 12.9. The number of imidazole rings is 1. The van der Waals surface area contributed by atoms with Crippen molar-refractivity contribution in [3.8, 4) is 5.75 Å². The molecule has 23 heavy (non-hydrogen) atoms. The number of hydrogen-bond donors (Lipinski definition) is 0. The van der Waals surface area contributed by atoms with Gasteiger partial charge >= 0.3 is 0 Å². The Bertz CT molecular complexity index is 896. The predicted octanol–water partition coefficient (Wildman–Crippen LogP) is 3.13. The number of ketones is 2. The molecule has 0 spiro atoms. The summed E-state index contributed by atoms with van der Waals surface area (Å²) in [7, 11) is 1.56. The Labute approximate surface area is 133 Å².